The summed E-state index contributed by atoms with van der Waals surface area (Å²) >= 11 is 0. The van der Waals surface area contributed by atoms with Gasteiger partial charge in [0.25, 0.3) is 0 Å². The molecule has 0 amide bonds. The first-order chi connectivity index (χ1) is 7.73. The zero-order valence-electron chi connectivity index (χ0n) is 10.6. The molecule has 1 aromatic heterocycles. The van der Waals surface area contributed by atoms with Gasteiger partial charge in [0.2, 0.25) is 10.0 Å². The summed E-state index contributed by atoms with van der Waals surface area (Å²) in [6, 6.07) is 0. The highest BCUT2D eigenvalue weighted by molar-refractivity contribution is 7.89. The highest BCUT2D eigenvalue weighted by Gasteiger charge is 2.20. The van der Waals surface area contributed by atoms with Crippen molar-refractivity contribution in [3.63, 3.8) is 0 Å². The minimum atomic E-state index is -3.71. The molecule has 1 heterocycles. The van der Waals surface area contributed by atoms with Crippen LogP contribution in [0.3, 0.4) is 0 Å². The number of hydrogen-bond donors (Lipinski definition) is 1. The first-order valence-electron chi connectivity index (χ1n) is 5.42. The third kappa shape index (κ3) is 3.52. The molecule has 17 heavy (non-hydrogen) atoms. The fraction of sp³-hybridized carbons (Fsp3) is 0.700. The van der Waals surface area contributed by atoms with Crippen molar-refractivity contribution in [3.05, 3.63) is 11.4 Å². The number of hydrogen-bond acceptors (Lipinski definition) is 4. The predicted octanol–water partition coefficient (Wildman–Crippen LogP) is 0.572. The average molecular weight is 261 g/mol. The third-order valence-electron chi connectivity index (χ3n) is 2.35. The van der Waals surface area contributed by atoms with Crippen LogP contribution >= 0.6 is 0 Å². The number of primary sulfonamides is 1. The van der Waals surface area contributed by atoms with Crippen LogP contribution in [0.25, 0.3) is 0 Å². The molecule has 1 rings (SSSR count). The van der Waals surface area contributed by atoms with Crippen LogP contribution in [-0.2, 0) is 21.3 Å². The van der Waals surface area contributed by atoms with Gasteiger partial charge in [-0.25, -0.2) is 13.6 Å². The summed E-state index contributed by atoms with van der Waals surface area (Å²) in [4.78, 5) is 0.113. The molecule has 7 heteroatoms. The Hall–Kier alpha value is -0.920. The van der Waals surface area contributed by atoms with E-state index in [-0.39, 0.29) is 11.0 Å². The summed E-state index contributed by atoms with van der Waals surface area (Å²) in [7, 11) is -3.71. The van der Waals surface area contributed by atoms with Crippen molar-refractivity contribution in [1.29, 1.82) is 0 Å². The monoisotopic (exact) mass is 261 g/mol. The Bertz CT molecular complexity index is 491. The largest absolute Gasteiger partial charge is 0.377 e. The zero-order valence-corrected chi connectivity index (χ0v) is 11.4. The molecule has 0 aliphatic rings. The maximum atomic E-state index is 11.4. The van der Waals surface area contributed by atoms with Crippen molar-refractivity contribution < 1.29 is 13.2 Å². The van der Waals surface area contributed by atoms with Crippen LogP contribution in [0.15, 0.2) is 4.90 Å². The molecule has 1 aromatic rings. The predicted molar refractivity (Wildman–Crippen MR) is 64.2 cm³/mol. The minimum Gasteiger partial charge on any atom is -0.377 e. The maximum absolute atomic E-state index is 11.4. The van der Waals surface area contributed by atoms with Gasteiger partial charge in [0.05, 0.1) is 30.6 Å². The summed E-state index contributed by atoms with van der Waals surface area (Å²) < 4.78 is 29.7. The normalized spacial score (nSPS) is 12.4. The van der Waals surface area contributed by atoms with E-state index in [4.69, 9.17) is 9.88 Å². The lowest BCUT2D eigenvalue weighted by Gasteiger charge is -2.08. The molecule has 0 saturated carbocycles. The quantitative estimate of drug-likeness (QED) is 0.839. The lowest BCUT2D eigenvalue weighted by molar-refractivity contribution is 0.0705. The summed E-state index contributed by atoms with van der Waals surface area (Å²) in [5.74, 6) is 0. The van der Waals surface area contributed by atoms with Crippen LogP contribution < -0.4 is 5.14 Å². The number of nitrogens with zero attached hydrogens (tertiary/aromatic N) is 2. The van der Waals surface area contributed by atoms with Crippen molar-refractivity contribution in [2.45, 2.75) is 45.2 Å². The molecule has 0 unspecified atom stereocenters. The molecule has 0 spiro atoms. The van der Waals surface area contributed by atoms with Crippen LogP contribution in [0.4, 0.5) is 0 Å². The van der Waals surface area contributed by atoms with Crippen LogP contribution in [0.2, 0.25) is 0 Å². The van der Waals surface area contributed by atoms with Crippen molar-refractivity contribution in [2.24, 2.45) is 5.14 Å². The number of nitrogens with two attached hydrogens (primary N) is 1. The Balaban J connectivity index is 2.90. The molecule has 0 atom stereocenters. The second kappa shape index (κ2) is 5.16. The van der Waals surface area contributed by atoms with E-state index in [1.807, 2.05) is 13.8 Å². The molecule has 98 valence electrons. The maximum Gasteiger partial charge on any atom is 0.241 e. The van der Waals surface area contributed by atoms with Crippen LogP contribution in [-0.4, -0.2) is 30.9 Å². The van der Waals surface area contributed by atoms with Gasteiger partial charge in [0.15, 0.2) is 0 Å². The topological polar surface area (TPSA) is 87.2 Å². The van der Waals surface area contributed by atoms with Gasteiger partial charge < -0.3 is 4.74 Å². The Labute approximate surface area is 102 Å². The van der Waals surface area contributed by atoms with Gasteiger partial charge in [0, 0.05) is 0 Å². The lowest BCUT2D eigenvalue weighted by Crippen LogP contribution is -2.15. The van der Waals surface area contributed by atoms with E-state index < -0.39 is 10.0 Å². The van der Waals surface area contributed by atoms with Crippen LogP contribution in [0.1, 0.15) is 25.2 Å². The summed E-state index contributed by atoms with van der Waals surface area (Å²) in [6.45, 7) is 8.21. The molecule has 0 aromatic carbocycles. The number of aryl methyl sites for hydroxylation is 1. The fourth-order valence-electron chi connectivity index (χ4n) is 1.68. The van der Waals surface area contributed by atoms with Gasteiger partial charge in [-0.1, -0.05) is 0 Å². The van der Waals surface area contributed by atoms with Gasteiger partial charge in [0.1, 0.15) is 4.90 Å². The molecular formula is C10H19N3O3S. The third-order valence-corrected chi connectivity index (χ3v) is 3.51. The number of ether oxygens (including phenoxy) is 1. The first kappa shape index (κ1) is 14.1. The summed E-state index contributed by atoms with van der Waals surface area (Å²) in [5, 5.41) is 9.29. The molecule has 0 bridgehead atoms. The van der Waals surface area contributed by atoms with Crippen molar-refractivity contribution in [3.8, 4) is 0 Å². The highest BCUT2D eigenvalue weighted by Crippen LogP contribution is 2.17. The Morgan fingerprint density at radius 1 is 1.41 bits per heavy atom. The van der Waals surface area contributed by atoms with Crippen molar-refractivity contribution >= 4 is 10.0 Å². The van der Waals surface area contributed by atoms with Crippen molar-refractivity contribution in [1.82, 2.24) is 9.78 Å². The Kier molecular flexibility index (Phi) is 4.29. The van der Waals surface area contributed by atoms with E-state index in [2.05, 4.69) is 5.10 Å². The number of aromatic nitrogens is 2. The Morgan fingerprint density at radius 2 is 2.00 bits per heavy atom. The fourth-order valence-corrected chi connectivity index (χ4v) is 2.65. The first-order valence-corrected chi connectivity index (χ1v) is 6.96. The van der Waals surface area contributed by atoms with Gasteiger partial charge >= 0.3 is 0 Å². The molecular weight excluding hydrogens is 242 g/mol. The van der Waals surface area contributed by atoms with E-state index >= 15 is 0 Å². The van der Waals surface area contributed by atoms with Gasteiger partial charge in [-0.15, -0.1) is 0 Å². The minimum absolute atomic E-state index is 0.113. The Morgan fingerprint density at radius 3 is 2.41 bits per heavy atom. The zero-order chi connectivity index (χ0) is 13.2. The van der Waals surface area contributed by atoms with E-state index in [1.165, 1.54) is 0 Å². The van der Waals surface area contributed by atoms with E-state index in [0.29, 0.717) is 24.5 Å². The van der Waals surface area contributed by atoms with E-state index in [9.17, 15) is 8.42 Å². The van der Waals surface area contributed by atoms with E-state index in [1.54, 1.807) is 18.5 Å². The van der Waals surface area contributed by atoms with Crippen LogP contribution in [0.5, 0.6) is 0 Å². The second-order valence-corrected chi connectivity index (χ2v) is 5.69. The smallest absolute Gasteiger partial charge is 0.241 e. The van der Waals surface area contributed by atoms with Gasteiger partial charge in [-0.3, -0.25) is 4.68 Å². The van der Waals surface area contributed by atoms with Crippen LogP contribution in [0, 0.1) is 13.8 Å². The average Bonchev–Trinajstić information content (AvgIpc) is 2.40. The molecule has 6 nitrogen and oxygen atoms in total. The molecule has 0 aliphatic heterocycles. The summed E-state index contributed by atoms with van der Waals surface area (Å²) in [6.07, 6.45) is 0.143. The number of sulfonamides is 1. The lowest BCUT2D eigenvalue weighted by atomic mass is 10.4. The molecule has 0 saturated heterocycles. The van der Waals surface area contributed by atoms with E-state index in [0.717, 1.165) is 0 Å². The SMILES string of the molecule is Cc1nn(CCOC(C)C)c(C)c1S(N)(=O)=O. The second-order valence-electron chi connectivity index (χ2n) is 4.19. The summed E-state index contributed by atoms with van der Waals surface area (Å²) in [5.41, 5.74) is 0.979. The number of rotatable bonds is 5. The standard InChI is InChI=1S/C10H19N3O3S/c1-7(2)16-6-5-13-9(4)10(8(3)12-13)17(11,14)15/h7H,5-6H2,1-4H3,(H2,11,14,15). The molecule has 0 fully saturated rings. The molecule has 0 radical (unpaired) electrons. The molecule has 0 aliphatic carbocycles. The van der Waals surface area contributed by atoms with Gasteiger partial charge in [-0.2, -0.15) is 5.10 Å². The van der Waals surface area contributed by atoms with Gasteiger partial charge in [-0.05, 0) is 27.7 Å². The van der Waals surface area contributed by atoms with Crippen molar-refractivity contribution in [2.75, 3.05) is 6.61 Å². The highest BCUT2D eigenvalue weighted by atomic mass is 32.2. The molecule has 2 N–H and O–H groups in total.